The van der Waals surface area contributed by atoms with Crippen LogP contribution in [-0.4, -0.2) is 27.9 Å². The second-order valence-electron chi connectivity index (χ2n) is 2.97. The maximum Gasteiger partial charge on any atom is 0.149 e. The van der Waals surface area contributed by atoms with Crippen molar-refractivity contribution in [2.45, 2.75) is 5.54 Å². The Bertz CT molecular complexity index is 262. The minimum atomic E-state index is -0.286. The first-order chi connectivity index (χ1) is 5.22. The van der Waals surface area contributed by atoms with Gasteiger partial charge < -0.3 is 11.1 Å². The highest BCUT2D eigenvalue weighted by atomic mass is 15.3. The van der Waals surface area contributed by atoms with Gasteiger partial charge in [0.1, 0.15) is 17.7 Å². The molecule has 60 valence electrons. The summed E-state index contributed by atoms with van der Waals surface area (Å²) in [6.07, 6.45) is 1.53. The van der Waals surface area contributed by atoms with E-state index >= 15 is 0 Å². The van der Waals surface area contributed by atoms with E-state index in [0.29, 0.717) is 0 Å². The molecule has 0 radical (unpaired) electrons. The summed E-state index contributed by atoms with van der Waals surface area (Å²) in [5.41, 5.74) is 5.70. The molecule has 0 aromatic carbocycles. The molecule has 1 aromatic heterocycles. The Hall–Kier alpha value is -0.940. The third-order valence-electron chi connectivity index (χ3n) is 2.04. The number of nitrogens with zero attached hydrogens (tertiary/aromatic N) is 3. The van der Waals surface area contributed by atoms with Crippen molar-refractivity contribution in [1.82, 2.24) is 20.1 Å². The molecule has 5 nitrogen and oxygen atoms in total. The van der Waals surface area contributed by atoms with E-state index in [0.717, 1.165) is 18.9 Å². The van der Waals surface area contributed by atoms with E-state index in [2.05, 4.69) is 15.4 Å². The quantitative estimate of drug-likeness (QED) is 0.519. The van der Waals surface area contributed by atoms with Gasteiger partial charge in [-0.15, -0.1) is 0 Å². The van der Waals surface area contributed by atoms with E-state index in [1.807, 2.05) is 7.05 Å². The van der Waals surface area contributed by atoms with E-state index in [1.54, 1.807) is 4.68 Å². The molecule has 2 heterocycles. The van der Waals surface area contributed by atoms with Crippen molar-refractivity contribution in [3.63, 3.8) is 0 Å². The van der Waals surface area contributed by atoms with E-state index in [9.17, 15) is 0 Å². The Morgan fingerprint density at radius 1 is 1.73 bits per heavy atom. The summed E-state index contributed by atoms with van der Waals surface area (Å²) in [4.78, 5) is 4.10. The lowest BCUT2D eigenvalue weighted by Gasteiger charge is -2.37. The number of rotatable bonds is 1. The van der Waals surface area contributed by atoms with Crippen molar-refractivity contribution in [2.24, 2.45) is 12.8 Å². The molecular weight excluding hydrogens is 142 g/mol. The molecule has 0 atom stereocenters. The Kier molecular flexibility index (Phi) is 1.24. The van der Waals surface area contributed by atoms with Crippen LogP contribution in [0.15, 0.2) is 6.33 Å². The number of hydrogen-bond acceptors (Lipinski definition) is 4. The fourth-order valence-electron chi connectivity index (χ4n) is 1.30. The van der Waals surface area contributed by atoms with Crippen LogP contribution < -0.4 is 11.1 Å². The fourth-order valence-corrected chi connectivity index (χ4v) is 1.30. The standard InChI is InChI=1S/C6H11N5/c1-11-5(9-4-10-11)6(7)2-8-3-6/h4,8H,2-3,7H2,1H3. The molecule has 1 aliphatic heterocycles. The first-order valence-corrected chi connectivity index (χ1v) is 3.56. The van der Waals surface area contributed by atoms with E-state index < -0.39 is 0 Å². The summed E-state index contributed by atoms with van der Waals surface area (Å²) in [5, 5.41) is 7.07. The van der Waals surface area contributed by atoms with Gasteiger partial charge in [-0.2, -0.15) is 5.10 Å². The van der Waals surface area contributed by atoms with Crippen LogP contribution in [0.4, 0.5) is 0 Å². The maximum atomic E-state index is 5.98. The predicted molar refractivity (Wildman–Crippen MR) is 39.7 cm³/mol. The number of aromatic nitrogens is 3. The average Bonchev–Trinajstić information content (AvgIpc) is 2.30. The molecule has 1 fully saturated rings. The second-order valence-corrected chi connectivity index (χ2v) is 2.97. The van der Waals surface area contributed by atoms with Crippen molar-refractivity contribution in [1.29, 1.82) is 0 Å². The Morgan fingerprint density at radius 3 is 2.82 bits per heavy atom. The highest BCUT2D eigenvalue weighted by Crippen LogP contribution is 2.18. The Balaban J connectivity index is 2.35. The van der Waals surface area contributed by atoms with Crippen molar-refractivity contribution in [3.8, 4) is 0 Å². The van der Waals surface area contributed by atoms with Crippen LogP contribution in [-0.2, 0) is 12.6 Å². The highest BCUT2D eigenvalue weighted by Gasteiger charge is 2.38. The number of nitrogens with one attached hydrogen (secondary N) is 1. The first-order valence-electron chi connectivity index (χ1n) is 3.56. The van der Waals surface area contributed by atoms with Crippen molar-refractivity contribution >= 4 is 0 Å². The lowest BCUT2D eigenvalue weighted by atomic mass is 9.93. The zero-order valence-corrected chi connectivity index (χ0v) is 6.41. The third kappa shape index (κ3) is 0.849. The van der Waals surface area contributed by atoms with Crippen LogP contribution in [0.1, 0.15) is 5.82 Å². The second kappa shape index (κ2) is 2.02. The fraction of sp³-hybridized carbons (Fsp3) is 0.667. The molecule has 0 aliphatic carbocycles. The third-order valence-corrected chi connectivity index (χ3v) is 2.04. The van der Waals surface area contributed by atoms with Crippen molar-refractivity contribution < 1.29 is 0 Å². The summed E-state index contributed by atoms with van der Waals surface area (Å²) < 4.78 is 1.72. The topological polar surface area (TPSA) is 68.8 Å². The lowest BCUT2D eigenvalue weighted by Crippen LogP contribution is -2.63. The first kappa shape index (κ1) is 6.75. The van der Waals surface area contributed by atoms with Crippen LogP contribution >= 0.6 is 0 Å². The predicted octanol–water partition coefficient (Wildman–Crippen LogP) is -1.43. The van der Waals surface area contributed by atoms with E-state index in [1.165, 1.54) is 6.33 Å². The molecule has 1 aliphatic rings. The Labute approximate surface area is 64.6 Å². The summed E-state index contributed by atoms with van der Waals surface area (Å²) in [5.74, 6) is 0.858. The molecule has 11 heavy (non-hydrogen) atoms. The Morgan fingerprint density at radius 2 is 2.45 bits per heavy atom. The smallest absolute Gasteiger partial charge is 0.149 e. The van der Waals surface area contributed by atoms with Crippen molar-refractivity contribution in [3.05, 3.63) is 12.2 Å². The number of aryl methyl sites for hydroxylation is 1. The van der Waals surface area contributed by atoms with Gasteiger partial charge in [0.15, 0.2) is 0 Å². The van der Waals surface area contributed by atoms with Crippen LogP contribution in [0.5, 0.6) is 0 Å². The lowest BCUT2D eigenvalue weighted by molar-refractivity contribution is 0.262. The van der Waals surface area contributed by atoms with Gasteiger partial charge in [-0.3, -0.25) is 4.68 Å². The molecule has 5 heteroatoms. The number of nitrogens with two attached hydrogens (primary N) is 1. The zero-order valence-electron chi connectivity index (χ0n) is 6.41. The van der Waals surface area contributed by atoms with Crippen LogP contribution in [0.3, 0.4) is 0 Å². The van der Waals surface area contributed by atoms with Gasteiger partial charge in [0, 0.05) is 20.1 Å². The van der Waals surface area contributed by atoms with Crippen LogP contribution in [0.2, 0.25) is 0 Å². The van der Waals surface area contributed by atoms with Crippen LogP contribution in [0, 0.1) is 0 Å². The monoisotopic (exact) mass is 153 g/mol. The summed E-state index contributed by atoms with van der Waals surface area (Å²) in [7, 11) is 1.86. The van der Waals surface area contributed by atoms with Gasteiger partial charge in [0.05, 0.1) is 0 Å². The van der Waals surface area contributed by atoms with E-state index in [-0.39, 0.29) is 5.54 Å². The van der Waals surface area contributed by atoms with Gasteiger partial charge in [-0.05, 0) is 0 Å². The molecule has 0 unspecified atom stereocenters. The van der Waals surface area contributed by atoms with Gasteiger partial charge in [0.2, 0.25) is 0 Å². The number of hydrogen-bond donors (Lipinski definition) is 2. The zero-order chi connectivity index (χ0) is 7.90. The molecule has 2 rings (SSSR count). The van der Waals surface area contributed by atoms with Gasteiger partial charge in [-0.1, -0.05) is 0 Å². The van der Waals surface area contributed by atoms with Gasteiger partial charge in [-0.25, -0.2) is 4.98 Å². The summed E-state index contributed by atoms with van der Waals surface area (Å²) in [6, 6.07) is 0. The van der Waals surface area contributed by atoms with Gasteiger partial charge in [0.25, 0.3) is 0 Å². The highest BCUT2D eigenvalue weighted by molar-refractivity contribution is 5.12. The molecule has 0 amide bonds. The summed E-state index contributed by atoms with van der Waals surface area (Å²) >= 11 is 0. The molecule has 3 N–H and O–H groups in total. The van der Waals surface area contributed by atoms with Crippen LogP contribution in [0.25, 0.3) is 0 Å². The average molecular weight is 153 g/mol. The maximum absolute atomic E-state index is 5.98. The van der Waals surface area contributed by atoms with Crippen molar-refractivity contribution in [2.75, 3.05) is 13.1 Å². The molecule has 0 spiro atoms. The minimum absolute atomic E-state index is 0.286. The molecule has 1 aromatic rings. The molecule has 1 saturated heterocycles. The SMILES string of the molecule is Cn1ncnc1C1(N)CNC1. The van der Waals surface area contributed by atoms with Gasteiger partial charge >= 0.3 is 0 Å². The minimum Gasteiger partial charge on any atom is -0.317 e. The summed E-state index contributed by atoms with van der Waals surface area (Å²) in [6.45, 7) is 1.58. The molecule has 0 saturated carbocycles. The van der Waals surface area contributed by atoms with E-state index in [4.69, 9.17) is 5.73 Å². The molecular formula is C6H11N5. The largest absolute Gasteiger partial charge is 0.317 e. The molecule has 0 bridgehead atoms. The normalized spacial score (nSPS) is 21.3.